The first-order valence-electron chi connectivity index (χ1n) is 8.72. The van der Waals surface area contributed by atoms with Crippen LogP contribution in [0.25, 0.3) is 11.3 Å². The van der Waals surface area contributed by atoms with E-state index in [2.05, 4.69) is 25.9 Å². The number of aliphatic hydroxyl groups excluding tert-OH is 1. The molecule has 2 N–H and O–H groups in total. The lowest BCUT2D eigenvalue weighted by Gasteiger charge is -2.27. The van der Waals surface area contributed by atoms with Gasteiger partial charge in [-0.2, -0.15) is 0 Å². The Balaban J connectivity index is 1.81. The van der Waals surface area contributed by atoms with Crippen molar-refractivity contribution < 1.29 is 14.6 Å². The van der Waals surface area contributed by atoms with Gasteiger partial charge in [-0.15, -0.1) is 0 Å². The fourth-order valence-electron chi connectivity index (χ4n) is 3.11. The second-order valence-electron chi connectivity index (χ2n) is 7.48. The molecule has 0 aliphatic carbocycles. The number of aliphatic hydroxyl groups is 1. The maximum absolute atomic E-state index is 12.5. The summed E-state index contributed by atoms with van der Waals surface area (Å²) in [5.41, 5.74) is 2.10. The van der Waals surface area contributed by atoms with Crippen molar-refractivity contribution in [2.75, 3.05) is 6.54 Å². The van der Waals surface area contributed by atoms with E-state index in [1.165, 1.54) is 0 Å². The summed E-state index contributed by atoms with van der Waals surface area (Å²) in [7, 11) is 0. The molecule has 140 valence electrons. The van der Waals surface area contributed by atoms with Crippen LogP contribution in [0.1, 0.15) is 51.0 Å². The molecular formula is C19H24BrN3O3. The number of aromatic amines is 1. The zero-order valence-corrected chi connectivity index (χ0v) is 16.8. The molecule has 1 atom stereocenters. The summed E-state index contributed by atoms with van der Waals surface area (Å²) in [5.74, 6) is 0.761. The molecule has 0 spiro atoms. The van der Waals surface area contributed by atoms with Crippen LogP contribution in [0.5, 0.6) is 0 Å². The molecule has 3 rings (SSSR count). The van der Waals surface area contributed by atoms with Gasteiger partial charge < -0.3 is 14.8 Å². The van der Waals surface area contributed by atoms with Gasteiger partial charge in [0.2, 0.25) is 0 Å². The molecule has 0 bridgehead atoms. The Hall–Kier alpha value is -1.86. The molecule has 1 aromatic carbocycles. The van der Waals surface area contributed by atoms with Crippen LogP contribution >= 0.6 is 15.9 Å². The minimum Gasteiger partial charge on any atom is -0.444 e. The number of aromatic nitrogens is 2. The number of ether oxygens (including phenoxy) is 1. The molecule has 0 unspecified atom stereocenters. The number of hydrogen-bond acceptors (Lipinski definition) is 4. The second kappa shape index (κ2) is 7.40. The van der Waals surface area contributed by atoms with E-state index < -0.39 is 5.60 Å². The number of carbonyl (C=O) groups excluding carboxylic acids is 1. The Labute approximate surface area is 161 Å². The normalized spacial score (nSPS) is 17.6. The molecule has 2 aromatic rings. The Morgan fingerprint density at radius 1 is 1.46 bits per heavy atom. The van der Waals surface area contributed by atoms with Crippen LogP contribution in [0.2, 0.25) is 0 Å². The molecule has 2 heterocycles. The highest BCUT2D eigenvalue weighted by atomic mass is 79.9. The van der Waals surface area contributed by atoms with Gasteiger partial charge in [0.15, 0.2) is 0 Å². The number of halogens is 1. The molecule has 1 aliphatic heterocycles. The van der Waals surface area contributed by atoms with Crippen LogP contribution in [0, 0.1) is 0 Å². The SMILES string of the molecule is CC(C)(C)OC(=O)N1CCC[C@@H]1c1ncc(-c2ccc(Br)c(CO)c2)[nH]1. The average Bonchev–Trinajstić information content (AvgIpc) is 3.22. The summed E-state index contributed by atoms with van der Waals surface area (Å²) >= 11 is 3.43. The third kappa shape index (κ3) is 4.10. The van der Waals surface area contributed by atoms with Crippen molar-refractivity contribution in [1.82, 2.24) is 14.9 Å². The fraction of sp³-hybridized carbons (Fsp3) is 0.474. The van der Waals surface area contributed by atoms with E-state index in [-0.39, 0.29) is 18.7 Å². The maximum atomic E-state index is 12.5. The van der Waals surface area contributed by atoms with Crippen molar-refractivity contribution in [2.24, 2.45) is 0 Å². The summed E-state index contributed by atoms with van der Waals surface area (Å²) < 4.78 is 6.39. The van der Waals surface area contributed by atoms with Crippen LogP contribution in [0.4, 0.5) is 4.79 Å². The summed E-state index contributed by atoms with van der Waals surface area (Å²) in [4.78, 5) is 22.1. The number of rotatable bonds is 3. The van der Waals surface area contributed by atoms with Crippen LogP contribution in [-0.4, -0.2) is 38.2 Å². The molecule has 26 heavy (non-hydrogen) atoms. The lowest BCUT2D eigenvalue weighted by molar-refractivity contribution is 0.0218. The number of hydrogen-bond donors (Lipinski definition) is 2. The number of amides is 1. The fourth-order valence-corrected chi connectivity index (χ4v) is 3.48. The van der Waals surface area contributed by atoms with E-state index in [0.717, 1.165) is 40.0 Å². The largest absolute Gasteiger partial charge is 0.444 e. The first kappa shape index (κ1) is 18.9. The molecule has 1 aliphatic rings. The van der Waals surface area contributed by atoms with Gasteiger partial charge >= 0.3 is 6.09 Å². The smallest absolute Gasteiger partial charge is 0.410 e. The molecule has 1 amide bonds. The minimum absolute atomic E-state index is 0.0372. The van der Waals surface area contributed by atoms with Gasteiger partial charge in [0.25, 0.3) is 0 Å². The second-order valence-corrected chi connectivity index (χ2v) is 8.33. The van der Waals surface area contributed by atoms with E-state index >= 15 is 0 Å². The van der Waals surface area contributed by atoms with E-state index in [4.69, 9.17) is 4.74 Å². The Morgan fingerprint density at radius 3 is 2.92 bits per heavy atom. The van der Waals surface area contributed by atoms with Crippen molar-refractivity contribution in [2.45, 2.75) is 51.9 Å². The molecule has 0 radical (unpaired) electrons. The molecule has 6 nitrogen and oxygen atoms in total. The van der Waals surface area contributed by atoms with Crippen molar-refractivity contribution >= 4 is 22.0 Å². The van der Waals surface area contributed by atoms with Gasteiger partial charge in [0, 0.05) is 11.0 Å². The summed E-state index contributed by atoms with van der Waals surface area (Å²) in [6.45, 7) is 6.24. The number of nitrogens with one attached hydrogen (secondary N) is 1. The van der Waals surface area contributed by atoms with Gasteiger partial charge in [-0.25, -0.2) is 9.78 Å². The monoisotopic (exact) mass is 421 g/mol. The lowest BCUT2D eigenvalue weighted by atomic mass is 10.1. The van der Waals surface area contributed by atoms with Crippen LogP contribution in [-0.2, 0) is 11.3 Å². The maximum Gasteiger partial charge on any atom is 0.410 e. The highest BCUT2D eigenvalue weighted by molar-refractivity contribution is 9.10. The third-order valence-corrected chi connectivity index (χ3v) is 5.09. The highest BCUT2D eigenvalue weighted by Gasteiger charge is 2.34. The predicted molar refractivity (Wildman–Crippen MR) is 103 cm³/mol. The van der Waals surface area contributed by atoms with Crippen LogP contribution in [0.3, 0.4) is 0 Å². The molecule has 7 heteroatoms. The van der Waals surface area contributed by atoms with E-state index in [1.54, 1.807) is 11.1 Å². The molecule has 1 fully saturated rings. The van der Waals surface area contributed by atoms with Crippen molar-refractivity contribution in [1.29, 1.82) is 0 Å². The lowest BCUT2D eigenvalue weighted by Crippen LogP contribution is -2.36. The number of benzene rings is 1. The standard InChI is InChI=1S/C19H24BrN3O3/c1-19(2,3)26-18(25)23-8-4-5-16(23)17-21-10-15(22-17)12-6-7-14(20)13(9-12)11-24/h6-7,9-10,16,24H,4-5,8,11H2,1-3H3,(H,21,22)/t16-/m1/s1. The highest BCUT2D eigenvalue weighted by Crippen LogP contribution is 2.33. The van der Waals surface area contributed by atoms with E-state index in [1.807, 2.05) is 39.0 Å². The number of likely N-dealkylation sites (tertiary alicyclic amines) is 1. The third-order valence-electron chi connectivity index (χ3n) is 4.32. The Morgan fingerprint density at radius 2 is 2.23 bits per heavy atom. The molecule has 0 saturated carbocycles. The molecule has 1 saturated heterocycles. The van der Waals surface area contributed by atoms with E-state index in [9.17, 15) is 9.90 Å². The predicted octanol–water partition coefficient (Wildman–Crippen LogP) is 4.40. The Kier molecular flexibility index (Phi) is 5.39. The van der Waals surface area contributed by atoms with E-state index in [0.29, 0.717) is 6.54 Å². The summed E-state index contributed by atoms with van der Waals surface area (Å²) in [6, 6.07) is 5.68. The zero-order valence-electron chi connectivity index (χ0n) is 15.3. The van der Waals surface area contributed by atoms with Gasteiger partial charge in [0.1, 0.15) is 11.4 Å². The molecular weight excluding hydrogens is 398 g/mol. The molecule has 1 aromatic heterocycles. The van der Waals surface area contributed by atoms with Crippen molar-refractivity contribution in [3.63, 3.8) is 0 Å². The van der Waals surface area contributed by atoms with Gasteiger partial charge in [-0.05, 0) is 56.9 Å². The first-order chi connectivity index (χ1) is 12.3. The van der Waals surface area contributed by atoms with Crippen molar-refractivity contribution in [3.05, 3.63) is 40.3 Å². The quantitative estimate of drug-likeness (QED) is 0.769. The van der Waals surface area contributed by atoms with Crippen LogP contribution < -0.4 is 0 Å². The number of imidazole rings is 1. The number of nitrogens with zero attached hydrogens (tertiary/aromatic N) is 2. The van der Waals surface area contributed by atoms with Gasteiger partial charge in [-0.1, -0.05) is 22.0 Å². The zero-order chi connectivity index (χ0) is 18.9. The van der Waals surface area contributed by atoms with Gasteiger partial charge in [0.05, 0.1) is 24.5 Å². The number of carbonyl (C=O) groups is 1. The topological polar surface area (TPSA) is 78.4 Å². The van der Waals surface area contributed by atoms with Crippen molar-refractivity contribution in [3.8, 4) is 11.3 Å². The number of H-pyrrole nitrogens is 1. The van der Waals surface area contributed by atoms with Crippen LogP contribution in [0.15, 0.2) is 28.9 Å². The average molecular weight is 422 g/mol. The summed E-state index contributed by atoms with van der Waals surface area (Å²) in [6.07, 6.45) is 3.25. The minimum atomic E-state index is -0.517. The van der Waals surface area contributed by atoms with Gasteiger partial charge in [-0.3, -0.25) is 4.90 Å². The summed E-state index contributed by atoms with van der Waals surface area (Å²) in [5, 5.41) is 9.44. The Bertz CT molecular complexity index is 798. The first-order valence-corrected chi connectivity index (χ1v) is 9.52.